The summed E-state index contributed by atoms with van der Waals surface area (Å²) in [5, 5.41) is 5.86. The highest BCUT2D eigenvalue weighted by molar-refractivity contribution is 7.16. The summed E-state index contributed by atoms with van der Waals surface area (Å²) in [6, 6.07) is 7.74. The van der Waals surface area contributed by atoms with Crippen LogP contribution in [0.25, 0.3) is 0 Å². The first-order chi connectivity index (χ1) is 13.9. The van der Waals surface area contributed by atoms with E-state index in [0.717, 1.165) is 40.5 Å². The Labute approximate surface area is 179 Å². The summed E-state index contributed by atoms with van der Waals surface area (Å²) in [5.74, 6) is 1.31. The van der Waals surface area contributed by atoms with E-state index >= 15 is 0 Å². The second kappa shape index (κ2) is 8.28. The number of furan rings is 1. The number of hydrogen-bond donors (Lipinski definition) is 1. The van der Waals surface area contributed by atoms with Gasteiger partial charge in [0.1, 0.15) is 10.8 Å². The molecule has 0 aliphatic heterocycles. The maximum Gasteiger partial charge on any atom is 0.255 e. The van der Waals surface area contributed by atoms with Crippen molar-refractivity contribution in [1.29, 1.82) is 0 Å². The van der Waals surface area contributed by atoms with Crippen LogP contribution >= 0.6 is 22.7 Å². The summed E-state index contributed by atoms with van der Waals surface area (Å²) in [5.41, 5.74) is 2.20. The van der Waals surface area contributed by atoms with Gasteiger partial charge in [0.2, 0.25) is 0 Å². The molecule has 0 bridgehead atoms. The molecule has 0 unspecified atom stereocenters. The van der Waals surface area contributed by atoms with Gasteiger partial charge >= 0.3 is 0 Å². The molecule has 3 aromatic rings. The van der Waals surface area contributed by atoms with Crippen LogP contribution in [0.5, 0.6) is 0 Å². The van der Waals surface area contributed by atoms with Crippen LogP contribution in [0.15, 0.2) is 45.3 Å². The Kier molecular flexibility index (Phi) is 5.74. The Morgan fingerprint density at radius 2 is 2.21 bits per heavy atom. The first kappa shape index (κ1) is 20.1. The van der Waals surface area contributed by atoms with Gasteiger partial charge in [0.15, 0.2) is 0 Å². The molecule has 0 fully saturated rings. The molecule has 0 radical (unpaired) electrons. The van der Waals surface area contributed by atoms with E-state index in [1.165, 1.54) is 10.4 Å². The molecular formula is C23H26N2O2S2. The highest BCUT2D eigenvalue weighted by atomic mass is 32.1. The van der Waals surface area contributed by atoms with Crippen molar-refractivity contribution in [3.8, 4) is 0 Å². The van der Waals surface area contributed by atoms with Gasteiger partial charge in [-0.05, 0) is 59.7 Å². The fourth-order valence-electron chi connectivity index (χ4n) is 3.79. The first-order valence-electron chi connectivity index (χ1n) is 9.94. The Balaban J connectivity index is 1.64. The van der Waals surface area contributed by atoms with Crippen molar-refractivity contribution in [1.82, 2.24) is 5.32 Å². The molecule has 0 aromatic carbocycles. The van der Waals surface area contributed by atoms with Gasteiger partial charge in [0.25, 0.3) is 5.91 Å². The molecule has 29 heavy (non-hydrogen) atoms. The van der Waals surface area contributed by atoms with E-state index in [2.05, 4.69) is 26.1 Å². The van der Waals surface area contributed by atoms with E-state index in [1.807, 2.05) is 35.9 Å². The Hall–Kier alpha value is -2.18. The molecule has 1 atom stereocenters. The Morgan fingerprint density at radius 3 is 2.90 bits per heavy atom. The third-order valence-corrected chi connectivity index (χ3v) is 7.52. The molecule has 1 N–H and O–H groups in total. The van der Waals surface area contributed by atoms with Crippen LogP contribution in [0, 0.1) is 11.3 Å². The minimum Gasteiger partial charge on any atom is -0.467 e. The zero-order chi connectivity index (χ0) is 20.4. The van der Waals surface area contributed by atoms with Gasteiger partial charge in [-0.25, -0.2) is 4.99 Å². The van der Waals surface area contributed by atoms with Crippen molar-refractivity contribution in [3.63, 3.8) is 0 Å². The van der Waals surface area contributed by atoms with Gasteiger partial charge in [0, 0.05) is 16.0 Å². The maximum atomic E-state index is 13.1. The quantitative estimate of drug-likeness (QED) is 0.491. The van der Waals surface area contributed by atoms with Crippen LogP contribution in [0.3, 0.4) is 0 Å². The Morgan fingerprint density at radius 1 is 1.34 bits per heavy atom. The molecule has 152 valence electrons. The normalized spacial score (nSPS) is 16.9. The minimum absolute atomic E-state index is 0.0635. The standard InChI is InChI=1S/C23H26N2O2S2/c1-23(2,3)15-8-9-18-19(12-15)29-22(25-14-17-7-5-11-28-17)20(18)21(26)24-13-16-6-4-10-27-16/h4-7,10-11,14-15H,8-9,12-13H2,1-3H3,(H,24,26)/t15-/m1/s1. The topological polar surface area (TPSA) is 54.6 Å². The fourth-order valence-corrected chi connectivity index (χ4v) is 5.65. The van der Waals surface area contributed by atoms with E-state index < -0.39 is 0 Å². The van der Waals surface area contributed by atoms with Crippen LogP contribution in [0.2, 0.25) is 0 Å². The van der Waals surface area contributed by atoms with Gasteiger partial charge in [-0.3, -0.25) is 4.79 Å². The molecule has 1 aliphatic carbocycles. The number of carbonyl (C=O) groups is 1. The van der Waals surface area contributed by atoms with E-state index in [4.69, 9.17) is 9.41 Å². The molecule has 3 aromatic heterocycles. The molecule has 4 nitrogen and oxygen atoms in total. The summed E-state index contributed by atoms with van der Waals surface area (Å²) < 4.78 is 5.35. The number of fused-ring (bicyclic) bond motifs is 1. The predicted molar refractivity (Wildman–Crippen MR) is 121 cm³/mol. The number of carbonyl (C=O) groups excluding carboxylic acids is 1. The van der Waals surface area contributed by atoms with Crippen LogP contribution in [-0.2, 0) is 19.4 Å². The van der Waals surface area contributed by atoms with Gasteiger partial charge in [-0.1, -0.05) is 26.8 Å². The largest absolute Gasteiger partial charge is 0.467 e. The lowest BCUT2D eigenvalue weighted by Crippen LogP contribution is -2.28. The molecular weight excluding hydrogens is 400 g/mol. The van der Waals surface area contributed by atoms with Crippen LogP contribution in [0.4, 0.5) is 5.00 Å². The van der Waals surface area contributed by atoms with Crippen molar-refractivity contribution in [3.05, 3.63) is 62.6 Å². The number of thiophene rings is 2. The zero-order valence-corrected chi connectivity index (χ0v) is 18.7. The summed E-state index contributed by atoms with van der Waals surface area (Å²) >= 11 is 3.32. The Bertz CT molecular complexity index is 993. The molecule has 1 aliphatic rings. The molecule has 1 amide bonds. The molecule has 0 saturated heterocycles. The van der Waals surface area contributed by atoms with Crippen molar-refractivity contribution in [2.24, 2.45) is 16.3 Å². The molecule has 3 heterocycles. The van der Waals surface area contributed by atoms with E-state index in [-0.39, 0.29) is 11.3 Å². The lowest BCUT2D eigenvalue weighted by Gasteiger charge is -2.33. The number of rotatable bonds is 5. The average Bonchev–Trinajstić information content (AvgIpc) is 3.43. The van der Waals surface area contributed by atoms with Crippen molar-refractivity contribution in [2.75, 3.05) is 0 Å². The summed E-state index contributed by atoms with van der Waals surface area (Å²) in [4.78, 5) is 20.2. The summed E-state index contributed by atoms with van der Waals surface area (Å²) in [6.07, 6.45) is 6.56. The summed E-state index contributed by atoms with van der Waals surface area (Å²) in [6.45, 7) is 7.31. The van der Waals surface area contributed by atoms with Gasteiger partial charge in [0.05, 0.1) is 18.4 Å². The van der Waals surface area contributed by atoms with Gasteiger partial charge < -0.3 is 9.73 Å². The van der Waals surface area contributed by atoms with E-state index in [0.29, 0.717) is 12.5 Å². The lowest BCUT2D eigenvalue weighted by atomic mass is 9.72. The average molecular weight is 427 g/mol. The van der Waals surface area contributed by atoms with E-state index in [9.17, 15) is 4.79 Å². The fraction of sp³-hybridized carbons (Fsp3) is 0.391. The third kappa shape index (κ3) is 4.54. The number of nitrogens with one attached hydrogen (secondary N) is 1. The first-order valence-corrected chi connectivity index (χ1v) is 11.6. The summed E-state index contributed by atoms with van der Waals surface area (Å²) in [7, 11) is 0. The monoisotopic (exact) mass is 426 g/mol. The minimum atomic E-state index is -0.0635. The number of nitrogens with zero attached hydrogens (tertiary/aromatic N) is 1. The zero-order valence-electron chi connectivity index (χ0n) is 17.0. The highest BCUT2D eigenvalue weighted by Gasteiger charge is 2.33. The van der Waals surface area contributed by atoms with Crippen LogP contribution in [-0.4, -0.2) is 12.1 Å². The second-order valence-electron chi connectivity index (χ2n) is 8.53. The smallest absolute Gasteiger partial charge is 0.255 e. The molecule has 6 heteroatoms. The van der Waals surface area contributed by atoms with Crippen molar-refractivity contribution in [2.45, 2.75) is 46.6 Å². The van der Waals surface area contributed by atoms with E-state index in [1.54, 1.807) is 28.9 Å². The van der Waals surface area contributed by atoms with Gasteiger partial charge in [-0.2, -0.15) is 0 Å². The molecule has 0 saturated carbocycles. The van der Waals surface area contributed by atoms with Gasteiger partial charge in [-0.15, -0.1) is 22.7 Å². The number of aliphatic imine (C=N–C) groups is 1. The molecule has 0 spiro atoms. The SMILES string of the molecule is CC(C)(C)[C@@H]1CCc2c(sc(N=Cc3cccs3)c2C(=O)NCc2ccco2)C1. The maximum absolute atomic E-state index is 13.1. The van der Waals surface area contributed by atoms with Crippen molar-refractivity contribution >= 4 is 39.8 Å². The number of amides is 1. The predicted octanol–water partition coefficient (Wildman–Crippen LogP) is 6.23. The van der Waals surface area contributed by atoms with Crippen LogP contribution < -0.4 is 5.32 Å². The van der Waals surface area contributed by atoms with Crippen LogP contribution in [0.1, 0.15) is 58.6 Å². The molecule has 4 rings (SSSR count). The van der Waals surface area contributed by atoms with Crippen molar-refractivity contribution < 1.29 is 9.21 Å². The number of hydrogen-bond acceptors (Lipinski definition) is 5. The second-order valence-corrected chi connectivity index (χ2v) is 10.6. The highest BCUT2D eigenvalue weighted by Crippen LogP contribution is 2.45. The third-order valence-electron chi connectivity index (χ3n) is 5.55. The lowest BCUT2D eigenvalue weighted by molar-refractivity contribution is 0.0947.